The third-order valence-corrected chi connectivity index (χ3v) is 2.72. The third kappa shape index (κ3) is 6.60. The van der Waals surface area contributed by atoms with Crippen molar-refractivity contribution in [1.29, 1.82) is 0 Å². The number of rotatable bonds is 8. The summed E-state index contributed by atoms with van der Waals surface area (Å²) < 4.78 is 11.2. The molecule has 3 nitrogen and oxygen atoms in total. The van der Waals surface area contributed by atoms with Gasteiger partial charge in [-0.05, 0) is 31.0 Å². The Balaban J connectivity index is 2.50. The first-order chi connectivity index (χ1) is 9.77. The molecule has 0 saturated heterocycles. The van der Waals surface area contributed by atoms with Crippen molar-refractivity contribution in [3.8, 4) is 17.6 Å². The molecule has 0 bridgehead atoms. The van der Waals surface area contributed by atoms with Gasteiger partial charge in [-0.15, -0.1) is 0 Å². The van der Waals surface area contributed by atoms with Crippen LogP contribution < -0.4 is 4.74 Å². The largest absolute Gasteiger partial charge is 0.490 e. The highest BCUT2D eigenvalue weighted by Gasteiger charge is 2.01. The van der Waals surface area contributed by atoms with E-state index < -0.39 is 0 Å². The molecule has 1 aromatic rings. The van der Waals surface area contributed by atoms with E-state index in [9.17, 15) is 0 Å². The van der Waals surface area contributed by atoms with E-state index in [4.69, 9.17) is 14.6 Å². The zero-order chi connectivity index (χ0) is 14.6. The van der Waals surface area contributed by atoms with Crippen LogP contribution >= 0.6 is 0 Å². The summed E-state index contributed by atoms with van der Waals surface area (Å²) in [6.45, 7) is 6.16. The second kappa shape index (κ2) is 10.3. The molecule has 0 atom stereocenters. The fourth-order valence-corrected chi connectivity index (χ4v) is 1.64. The molecule has 110 valence electrons. The first-order valence-corrected chi connectivity index (χ1v) is 7.19. The molecular weight excluding hydrogens is 252 g/mol. The molecule has 20 heavy (non-hydrogen) atoms. The van der Waals surface area contributed by atoms with Crippen LogP contribution in [0.15, 0.2) is 18.2 Å². The molecule has 3 heteroatoms. The minimum atomic E-state index is 0.0836. The highest BCUT2D eigenvalue weighted by Crippen LogP contribution is 2.19. The molecule has 1 N–H and O–H groups in total. The van der Waals surface area contributed by atoms with Crippen LogP contribution in [0.25, 0.3) is 0 Å². The Bertz CT molecular complexity index is 443. The van der Waals surface area contributed by atoms with E-state index in [1.165, 1.54) is 0 Å². The summed E-state index contributed by atoms with van der Waals surface area (Å²) in [7, 11) is 0. The van der Waals surface area contributed by atoms with Crippen molar-refractivity contribution < 1.29 is 14.6 Å². The number of aryl methyl sites for hydroxylation is 1. The standard InChI is InChI=1S/C17H24O3/c1-3-4-11-19-12-13-20-17-9-8-15(2)14-16(17)7-5-6-10-18/h8-9,14,18H,3-4,6,10-13H2,1-2H3. The number of unbranched alkanes of at least 4 members (excludes halogenated alkanes) is 1. The summed E-state index contributed by atoms with van der Waals surface area (Å²) >= 11 is 0. The van der Waals surface area contributed by atoms with E-state index in [1.54, 1.807) is 0 Å². The van der Waals surface area contributed by atoms with Crippen molar-refractivity contribution in [2.75, 3.05) is 26.4 Å². The molecule has 0 radical (unpaired) electrons. The van der Waals surface area contributed by atoms with Crippen LogP contribution in [0.4, 0.5) is 0 Å². The van der Waals surface area contributed by atoms with Crippen molar-refractivity contribution in [3.05, 3.63) is 29.3 Å². The molecular formula is C17H24O3. The normalized spacial score (nSPS) is 9.95. The molecule has 1 aromatic carbocycles. The van der Waals surface area contributed by atoms with Crippen molar-refractivity contribution in [2.24, 2.45) is 0 Å². The van der Waals surface area contributed by atoms with Gasteiger partial charge in [0.15, 0.2) is 0 Å². The quantitative estimate of drug-likeness (QED) is 0.586. The van der Waals surface area contributed by atoms with Gasteiger partial charge in [-0.25, -0.2) is 0 Å². The molecule has 0 unspecified atom stereocenters. The Morgan fingerprint density at radius 2 is 2.05 bits per heavy atom. The third-order valence-electron chi connectivity index (χ3n) is 2.72. The second-order valence-electron chi connectivity index (χ2n) is 4.59. The predicted molar refractivity (Wildman–Crippen MR) is 81.0 cm³/mol. The van der Waals surface area contributed by atoms with Crippen molar-refractivity contribution in [2.45, 2.75) is 33.1 Å². The fraction of sp³-hybridized carbons (Fsp3) is 0.529. The highest BCUT2D eigenvalue weighted by molar-refractivity contribution is 5.48. The minimum Gasteiger partial charge on any atom is -0.490 e. The van der Waals surface area contributed by atoms with Gasteiger partial charge in [0.25, 0.3) is 0 Å². The maximum absolute atomic E-state index is 8.76. The molecule has 0 spiro atoms. The SMILES string of the molecule is CCCCOCCOc1ccc(C)cc1C#CCCO. The van der Waals surface area contributed by atoms with Gasteiger partial charge in [0, 0.05) is 13.0 Å². The molecule has 0 aliphatic rings. The van der Waals surface area contributed by atoms with E-state index in [-0.39, 0.29) is 6.61 Å². The summed E-state index contributed by atoms with van der Waals surface area (Å²) in [4.78, 5) is 0. The molecule has 0 heterocycles. The molecule has 0 saturated carbocycles. The number of aliphatic hydroxyl groups excluding tert-OH is 1. The number of hydrogen-bond acceptors (Lipinski definition) is 3. The van der Waals surface area contributed by atoms with Crippen LogP contribution in [0.2, 0.25) is 0 Å². The second-order valence-corrected chi connectivity index (χ2v) is 4.59. The number of ether oxygens (including phenoxy) is 2. The van der Waals surface area contributed by atoms with Gasteiger partial charge in [0.2, 0.25) is 0 Å². The van der Waals surface area contributed by atoms with E-state index in [0.717, 1.165) is 36.3 Å². The molecule has 0 aliphatic carbocycles. The average Bonchev–Trinajstić information content (AvgIpc) is 2.45. The van der Waals surface area contributed by atoms with E-state index in [1.807, 2.05) is 25.1 Å². The summed E-state index contributed by atoms with van der Waals surface area (Å²) in [5, 5.41) is 8.76. The lowest BCUT2D eigenvalue weighted by Crippen LogP contribution is -2.08. The van der Waals surface area contributed by atoms with Crippen LogP contribution in [0.1, 0.15) is 37.3 Å². The smallest absolute Gasteiger partial charge is 0.135 e. The van der Waals surface area contributed by atoms with Gasteiger partial charge in [-0.3, -0.25) is 0 Å². The lowest BCUT2D eigenvalue weighted by molar-refractivity contribution is 0.0980. The molecule has 1 rings (SSSR count). The zero-order valence-corrected chi connectivity index (χ0v) is 12.4. The van der Waals surface area contributed by atoms with Crippen LogP contribution in [0.3, 0.4) is 0 Å². The minimum absolute atomic E-state index is 0.0836. The fourth-order valence-electron chi connectivity index (χ4n) is 1.64. The summed E-state index contributed by atoms with van der Waals surface area (Å²) in [5.74, 6) is 6.74. The summed E-state index contributed by atoms with van der Waals surface area (Å²) in [6, 6.07) is 5.94. The van der Waals surface area contributed by atoms with Gasteiger partial charge in [-0.1, -0.05) is 31.3 Å². The van der Waals surface area contributed by atoms with E-state index in [0.29, 0.717) is 19.6 Å². The molecule has 0 amide bonds. The Labute approximate surface area is 121 Å². The maximum Gasteiger partial charge on any atom is 0.135 e. The van der Waals surface area contributed by atoms with Crippen molar-refractivity contribution in [3.63, 3.8) is 0 Å². The van der Waals surface area contributed by atoms with Gasteiger partial charge in [0.1, 0.15) is 12.4 Å². The van der Waals surface area contributed by atoms with Crippen LogP contribution in [-0.4, -0.2) is 31.5 Å². The van der Waals surface area contributed by atoms with E-state index >= 15 is 0 Å². The van der Waals surface area contributed by atoms with Gasteiger partial charge in [-0.2, -0.15) is 0 Å². The van der Waals surface area contributed by atoms with Gasteiger partial charge >= 0.3 is 0 Å². The van der Waals surface area contributed by atoms with Gasteiger partial charge in [0.05, 0.1) is 18.8 Å². The van der Waals surface area contributed by atoms with Crippen LogP contribution in [0, 0.1) is 18.8 Å². The number of hydrogen-bond donors (Lipinski definition) is 1. The summed E-state index contributed by atoms with van der Waals surface area (Å²) in [5.41, 5.74) is 2.01. The Hall–Kier alpha value is -1.50. The molecule has 0 aliphatic heterocycles. The van der Waals surface area contributed by atoms with E-state index in [2.05, 4.69) is 18.8 Å². The number of aliphatic hydroxyl groups is 1. The van der Waals surface area contributed by atoms with Crippen molar-refractivity contribution in [1.82, 2.24) is 0 Å². The topological polar surface area (TPSA) is 38.7 Å². The number of benzene rings is 1. The summed E-state index contributed by atoms with van der Waals surface area (Å²) in [6.07, 6.45) is 2.71. The predicted octanol–water partition coefficient (Wildman–Crippen LogP) is 2.92. The lowest BCUT2D eigenvalue weighted by atomic mass is 10.1. The van der Waals surface area contributed by atoms with Crippen molar-refractivity contribution >= 4 is 0 Å². The highest BCUT2D eigenvalue weighted by atomic mass is 16.5. The van der Waals surface area contributed by atoms with Crippen LogP contribution in [-0.2, 0) is 4.74 Å². The van der Waals surface area contributed by atoms with Crippen LogP contribution in [0.5, 0.6) is 5.75 Å². The average molecular weight is 276 g/mol. The monoisotopic (exact) mass is 276 g/mol. The van der Waals surface area contributed by atoms with Gasteiger partial charge < -0.3 is 14.6 Å². The molecule has 0 fully saturated rings. The Morgan fingerprint density at radius 1 is 1.20 bits per heavy atom. The molecule has 0 aromatic heterocycles. The zero-order valence-electron chi connectivity index (χ0n) is 12.4. The Morgan fingerprint density at radius 3 is 2.80 bits per heavy atom. The maximum atomic E-state index is 8.76. The lowest BCUT2D eigenvalue weighted by Gasteiger charge is -2.09. The Kier molecular flexibility index (Phi) is 8.53. The first kappa shape index (κ1) is 16.6. The first-order valence-electron chi connectivity index (χ1n) is 7.19.